The molecule has 22 heavy (non-hydrogen) atoms. The van der Waals surface area contributed by atoms with E-state index >= 15 is 0 Å². The van der Waals surface area contributed by atoms with E-state index in [1.54, 1.807) is 36.4 Å². The summed E-state index contributed by atoms with van der Waals surface area (Å²) in [6, 6.07) is 19.5. The predicted octanol–water partition coefficient (Wildman–Crippen LogP) is 3.91. The van der Waals surface area contributed by atoms with Gasteiger partial charge in [0.1, 0.15) is 5.75 Å². The van der Waals surface area contributed by atoms with Crippen LogP contribution in [0.5, 0.6) is 5.75 Å². The number of ether oxygens (including phenoxy) is 1. The van der Waals surface area contributed by atoms with E-state index in [0.29, 0.717) is 16.9 Å². The van der Waals surface area contributed by atoms with Crippen LogP contribution in [0, 0.1) is 0 Å². The van der Waals surface area contributed by atoms with Gasteiger partial charge in [0.25, 0.3) is 0 Å². The number of rotatable bonds is 4. The fourth-order valence-electron chi connectivity index (χ4n) is 2.44. The summed E-state index contributed by atoms with van der Waals surface area (Å²) in [6.07, 6.45) is 0. The Kier molecular flexibility index (Phi) is 3.71. The topological polar surface area (TPSA) is 43.4 Å². The number of carbonyl (C=O) groups excluding carboxylic acids is 2. The molecule has 0 atom stereocenters. The lowest BCUT2D eigenvalue weighted by Crippen LogP contribution is -2.15. The summed E-state index contributed by atoms with van der Waals surface area (Å²) >= 11 is 0. The Bertz CT molecular complexity index is 860. The third kappa shape index (κ3) is 2.49. The number of methoxy groups -OCH3 is 1. The second-order valence-corrected chi connectivity index (χ2v) is 4.92. The molecule has 0 aliphatic carbocycles. The van der Waals surface area contributed by atoms with Crippen molar-refractivity contribution in [3.05, 3.63) is 77.9 Å². The summed E-state index contributed by atoms with van der Waals surface area (Å²) in [4.78, 5) is 25.0. The number of Topliss-reactive ketones (excluding diaryl/α,β-unsaturated/α-hetero) is 2. The van der Waals surface area contributed by atoms with Crippen LogP contribution in [0.25, 0.3) is 10.8 Å². The van der Waals surface area contributed by atoms with Crippen LogP contribution in [0.1, 0.15) is 20.7 Å². The number of fused-ring (bicyclic) bond motifs is 1. The lowest BCUT2D eigenvalue weighted by molar-refractivity contribution is 0.0817. The zero-order valence-corrected chi connectivity index (χ0v) is 12.1. The van der Waals surface area contributed by atoms with Crippen molar-refractivity contribution in [1.29, 1.82) is 0 Å². The summed E-state index contributed by atoms with van der Waals surface area (Å²) in [5, 5.41) is 1.72. The summed E-state index contributed by atoms with van der Waals surface area (Å²) in [6.45, 7) is 0. The Balaban J connectivity index is 2.03. The van der Waals surface area contributed by atoms with Gasteiger partial charge in [0.2, 0.25) is 11.6 Å². The van der Waals surface area contributed by atoms with Crippen molar-refractivity contribution < 1.29 is 14.3 Å². The van der Waals surface area contributed by atoms with Crippen molar-refractivity contribution in [3.8, 4) is 5.75 Å². The standard InChI is InChI=1S/C19H14O3/c1-22-15-9-4-8-14(12-15)18(20)19(21)17-11-5-7-13-6-2-3-10-16(13)17/h2-12H,1H3. The highest BCUT2D eigenvalue weighted by Crippen LogP contribution is 2.21. The molecule has 0 aliphatic heterocycles. The van der Waals surface area contributed by atoms with Gasteiger partial charge in [0, 0.05) is 11.1 Å². The number of carbonyl (C=O) groups is 2. The van der Waals surface area contributed by atoms with Gasteiger partial charge in [0.05, 0.1) is 7.11 Å². The van der Waals surface area contributed by atoms with E-state index in [1.165, 1.54) is 7.11 Å². The zero-order chi connectivity index (χ0) is 15.5. The van der Waals surface area contributed by atoms with Crippen molar-refractivity contribution in [2.24, 2.45) is 0 Å². The molecular weight excluding hydrogens is 276 g/mol. The molecule has 3 aromatic rings. The maximum Gasteiger partial charge on any atom is 0.234 e. The molecule has 0 radical (unpaired) electrons. The minimum atomic E-state index is -0.532. The smallest absolute Gasteiger partial charge is 0.234 e. The van der Waals surface area contributed by atoms with Gasteiger partial charge >= 0.3 is 0 Å². The van der Waals surface area contributed by atoms with Crippen molar-refractivity contribution in [1.82, 2.24) is 0 Å². The number of hydrogen-bond donors (Lipinski definition) is 0. The Labute approximate surface area is 128 Å². The summed E-state index contributed by atoms with van der Waals surface area (Å²) in [5.74, 6) is -0.489. The quantitative estimate of drug-likeness (QED) is 0.540. The van der Waals surface area contributed by atoms with E-state index in [-0.39, 0.29) is 0 Å². The molecule has 3 rings (SSSR count). The van der Waals surface area contributed by atoms with E-state index < -0.39 is 11.6 Å². The highest BCUT2D eigenvalue weighted by Gasteiger charge is 2.20. The molecule has 0 aromatic heterocycles. The molecule has 0 N–H and O–H groups in total. The number of ketones is 2. The van der Waals surface area contributed by atoms with Gasteiger partial charge in [-0.3, -0.25) is 9.59 Å². The number of hydrogen-bond acceptors (Lipinski definition) is 3. The normalized spacial score (nSPS) is 10.4. The number of benzene rings is 3. The molecule has 3 nitrogen and oxygen atoms in total. The second kappa shape index (κ2) is 5.82. The first-order chi connectivity index (χ1) is 10.7. The second-order valence-electron chi connectivity index (χ2n) is 4.92. The molecule has 0 heterocycles. The molecule has 3 heteroatoms. The Morgan fingerprint density at radius 3 is 2.36 bits per heavy atom. The van der Waals surface area contributed by atoms with Gasteiger partial charge in [-0.1, -0.05) is 54.6 Å². The molecule has 0 saturated heterocycles. The zero-order valence-electron chi connectivity index (χ0n) is 12.1. The van der Waals surface area contributed by atoms with Gasteiger partial charge in [-0.2, -0.15) is 0 Å². The van der Waals surface area contributed by atoms with Gasteiger partial charge < -0.3 is 4.74 Å². The molecule has 0 spiro atoms. The van der Waals surface area contributed by atoms with Crippen LogP contribution in [0.15, 0.2) is 66.7 Å². The molecule has 0 unspecified atom stereocenters. The van der Waals surface area contributed by atoms with E-state index in [4.69, 9.17) is 4.74 Å². The fraction of sp³-hybridized carbons (Fsp3) is 0.0526. The summed E-state index contributed by atoms with van der Waals surface area (Å²) in [5.41, 5.74) is 0.753. The molecule has 0 saturated carbocycles. The van der Waals surface area contributed by atoms with E-state index in [0.717, 1.165) is 10.8 Å². The Hall–Kier alpha value is -2.94. The van der Waals surface area contributed by atoms with Crippen LogP contribution in [0.4, 0.5) is 0 Å². The van der Waals surface area contributed by atoms with Crippen LogP contribution in [0.3, 0.4) is 0 Å². The highest BCUT2D eigenvalue weighted by molar-refractivity contribution is 6.50. The lowest BCUT2D eigenvalue weighted by Gasteiger charge is -2.06. The first kappa shape index (κ1) is 14.0. The van der Waals surface area contributed by atoms with Crippen LogP contribution in [-0.4, -0.2) is 18.7 Å². The van der Waals surface area contributed by atoms with E-state index in [9.17, 15) is 9.59 Å². The largest absolute Gasteiger partial charge is 0.497 e. The van der Waals surface area contributed by atoms with Crippen LogP contribution in [0.2, 0.25) is 0 Å². The van der Waals surface area contributed by atoms with Crippen molar-refractivity contribution in [2.75, 3.05) is 7.11 Å². The fourth-order valence-corrected chi connectivity index (χ4v) is 2.44. The average molecular weight is 290 g/mol. The minimum Gasteiger partial charge on any atom is -0.497 e. The van der Waals surface area contributed by atoms with E-state index in [2.05, 4.69) is 0 Å². The van der Waals surface area contributed by atoms with Gasteiger partial charge in [-0.05, 0) is 22.9 Å². The monoisotopic (exact) mass is 290 g/mol. The first-order valence-electron chi connectivity index (χ1n) is 6.91. The summed E-state index contributed by atoms with van der Waals surface area (Å²) in [7, 11) is 1.52. The first-order valence-corrected chi connectivity index (χ1v) is 6.91. The maximum absolute atomic E-state index is 12.6. The molecule has 108 valence electrons. The third-order valence-corrected chi connectivity index (χ3v) is 3.57. The van der Waals surface area contributed by atoms with Gasteiger partial charge in [0.15, 0.2) is 0 Å². The van der Waals surface area contributed by atoms with E-state index in [1.807, 2.05) is 30.3 Å². The van der Waals surface area contributed by atoms with Crippen molar-refractivity contribution >= 4 is 22.3 Å². The Morgan fingerprint density at radius 1 is 0.818 bits per heavy atom. The van der Waals surface area contributed by atoms with Crippen molar-refractivity contribution in [2.45, 2.75) is 0 Å². The van der Waals surface area contributed by atoms with Gasteiger partial charge in [-0.15, -0.1) is 0 Å². The molecular formula is C19H14O3. The molecule has 0 bridgehead atoms. The molecule has 0 amide bonds. The maximum atomic E-state index is 12.6. The molecule has 0 fully saturated rings. The third-order valence-electron chi connectivity index (χ3n) is 3.57. The molecule has 0 aliphatic rings. The summed E-state index contributed by atoms with van der Waals surface area (Å²) < 4.78 is 5.10. The van der Waals surface area contributed by atoms with Gasteiger partial charge in [-0.25, -0.2) is 0 Å². The van der Waals surface area contributed by atoms with Crippen LogP contribution < -0.4 is 4.74 Å². The Morgan fingerprint density at radius 2 is 1.55 bits per heavy atom. The highest BCUT2D eigenvalue weighted by atomic mass is 16.5. The average Bonchev–Trinajstić information content (AvgIpc) is 2.60. The van der Waals surface area contributed by atoms with Crippen molar-refractivity contribution in [3.63, 3.8) is 0 Å². The lowest BCUT2D eigenvalue weighted by atomic mass is 9.96. The van der Waals surface area contributed by atoms with Crippen LogP contribution in [-0.2, 0) is 0 Å². The SMILES string of the molecule is COc1cccc(C(=O)C(=O)c2cccc3ccccc23)c1. The van der Waals surface area contributed by atoms with Crippen LogP contribution >= 0.6 is 0 Å². The predicted molar refractivity (Wildman–Crippen MR) is 85.6 cm³/mol. The molecule has 3 aromatic carbocycles. The minimum absolute atomic E-state index is 0.331.